The van der Waals surface area contributed by atoms with Gasteiger partial charge in [-0.05, 0) is 18.4 Å². The van der Waals surface area contributed by atoms with Crippen molar-refractivity contribution in [2.24, 2.45) is 0 Å². The van der Waals surface area contributed by atoms with Gasteiger partial charge in [0.2, 0.25) is 0 Å². The number of benzene rings is 1. The highest BCUT2D eigenvalue weighted by Gasteiger charge is 1.95. The molecule has 0 fully saturated rings. The third-order valence-electron chi connectivity index (χ3n) is 1.71. The standard InChI is InChI=1S/C11H14O3/c1-10(12)14-13-9-5-8-11-6-3-2-4-7-11/h2-4,6-7H,5,8-9H2,1H3. The Kier molecular flexibility index (Phi) is 4.72. The first kappa shape index (κ1) is 10.7. The van der Waals surface area contributed by atoms with Gasteiger partial charge in [-0.2, -0.15) is 4.89 Å². The van der Waals surface area contributed by atoms with Crippen LogP contribution in [0.2, 0.25) is 0 Å². The van der Waals surface area contributed by atoms with Crippen LogP contribution < -0.4 is 0 Å². The molecule has 0 bridgehead atoms. The molecule has 3 nitrogen and oxygen atoms in total. The average Bonchev–Trinajstić information content (AvgIpc) is 2.18. The SMILES string of the molecule is CC(=O)OOCCCc1ccccc1. The first-order valence-corrected chi connectivity index (χ1v) is 4.63. The van der Waals surface area contributed by atoms with Crippen LogP contribution in [0.1, 0.15) is 18.9 Å². The highest BCUT2D eigenvalue weighted by Crippen LogP contribution is 2.02. The maximum absolute atomic E-state index is 10.3. The van der Waals surface area contributed by atoms with Crippen molar-refractivity contribution in [1.29, 1.82) is 0 Å². The van der Waals surface area contributed by atoms with E-state index in [4.69, 9.17) is 0 Å². The molecule has 0 amide bonds. The lowest BCUT2D eigenvalue weighted by molar-refractivity contribution is -0.270. The molecular formula is C11H14O3. The lowest BCUT2D eigenvalue weighted by atomic mass is 10.1. The number of hydrogen-bond donors (Lipinski definition) is 0. The summed E-state index contributed by atoms with van der Waals surface area (Å²) in [7, 11) is 0. The Balaban J connectivity index is 2.08. The first-order valence-electron chi connectivity index (χ1n) is 4.63. The summed E-state index contributed by atoms with van der Waals surface area (Å²) in [5, 5.41) is 0. The highest BCUT2D eigenvalue weighted by atomic mass is 17.2. The zero-order valence-electron chi connectivity index (χ0n) is 8.23. The molecule has 0 aliphatic rings. The molecule has 0 atom stereocenters. The molecular weight excluding hydrogens is 180 g/mol. The minimum Gasteiger partial charge on any atom is -0.299 e. The molecule has 0 aliphatic heterocycles. The molecule has 0 aliphatic carbocycles. The van der Waals surface area contributed by atoms with Gasteiger partial charge >= 0.3 is 5.97 Å². The van der Waals surface area contributed by atoms with Crippen molar-refractivity contribution in [2.75, 3.05) is 6.61 Å². The molecule has 0 saturated heterocycles. The lowest BCUT2D eigenvalue weighted by Crippen LogP contribution is -2.02. The van der Waals surface area contributed by atoms with Crippen LogP contribution in [0.15, 0.2) is 30.3 Å². The Hall–Kier alpha value is -1.35. The van der Waals surface area contributed by atoms with Crippen molar-refractivity contribution < 1.29 is 14.6 Å². The molecule has 0 N–H and O–H groups in total. The number of rotatable bonds is 5. The van der Waals surface area contributed by atoms with Crippen molar-refractivity contribution in [1.82, 2.24) is 0 Å². The van der Waals surface area contributed by atoms with E-state index in [0.29, 0.717) is 6.61 Å². The predicted octanol–water partition coefficient (Wildman–Crippen LogP) is 2.11. The van der Waals surface area contributed by atoms with E-state index < -0.39 is 5.97 Å². The minimum absolute atomic E-state index is 0.412. The molecule has 0 spiro atoms. The second kappa shape index (κ2) is 6.16. The average molecular weight is 194 g/mol. The van der Waals surface area contributed by atoms with E-state index in [2.05, 4.69) is 21.9 Å². The monoisotopic (exact) mass is 194 g/mol. The molecule has 0 unspecified atom stereocenters. The largest absolute Gasteiger partial charge is 0.339 e. The van der Waals surface area contributed by atoms with Gasteiger partial charge in [-0.3, -0.25) is 4.89 Å². The quantitative estimate of drug-likeness (QED) is 0.409. The summed E-state index contributed by atoms with van der Waals surface area (Å²) < 4.78 is 0. The number of carbonyl (C=O) groups excluding carboxylic acids is 1. The normalized spacial score (nSPS) is 9.79. The van der Waals surface area contributed by atoms with Gasteiger partial charge in [0, 0.05) is 6.92 Å². The van der Waals surface area contributed by atoms with E-state index in [1.165, 1.54) is 12.5 Å². The molecule has 0 saturated carbocycles. The number of carbonyl (C=O) groups is 1. The van der Waals surface area contributed by atoms with E-state index in [1.54, 1.807) is 0 Å². The Labute approximate surface area is 83.6 Å². The Bertz CT molecular complexity index is 269. The zero-order valence-corrected chi connectivity index (χ0v) is 8.23. The maximum atomic E-state index is 10.3. The van der Waals surface area contributed by atoms with Crippen molar-refractivity contribution in [3.05, 3.63) is 35.9 Å². The molecule has 76 valence electrons. The summed E-state index contributed by atoms with van der Waals surface area (Å²) in [6.07, 6.45) is 1.78. The van der Waals surface area contributed by atoms with Gasteiger partial charge in [-0.25, -0.2) is 4.79 Å². The van der Waals surface area contributed by atoms with Gasteiger partial charge in [-0.15, -0.1) is 0 Å². The van der Waals surface area contributed by atoms with Gasteiger partial charge in [-0.1, -0.05) is 30.3 Å². The molecule has 0 aromatic heterocycles. The maximum Gasteiger partial charge on any atom is 0.339 e. The summed E-state index contributed by atoms with van der Waals surface area (Å²) in [4.78, 5) is 19.3. The van der Waals surface area contributed by atoms with E-state index in [9.17, 15) is 4.79 Å². The molecule has 0 radical (unpaired) electrons. The van der Waals surface area contributed by atoms with E-state index in [-0.39, 0.29) is 0 Å². The van der Waals surface area contributed by atoms with Gasteiger partial charge in [0.15, 0.2) is 0 Å². The number of aryl methyl sites for hydroxylation is 1. The molecule has 3 heteroatoms. The summed E-state index contributed by atoms with van der Waals surface area (Å²) in [5.41, 5.74) is 1.26. The Morgan fingerprint density at radius 3 is 2.64 bits per heavy atom. The fourth-order valence-corrected chi connectivity index (χ4v) is 1.10. The number of hydrogen-bond acceptors (Lipinski definition) is 3. The summed E-state index contributed by atoms with van der Waals surface area (Å²) >= 11 is 0. The summed E-state index contributed by atoms with van der Waals surface area (Å²) in [5.74, 6) is -0.412. The van der Waals surface area contributed by atoms with Crippen molar-refractivity contribution in [3.8, 4) is 0 Å². The molecule has 0 heterocycles. The molecule has 1 aromatic carbocycles. The van der Waals surface area contributed by atoms with Crippen LogP contribution in [-0.2, 0) is 21.0 Å². The third kappa shape index (κ3) is 4.62. The smallest absolute Gasteiger partial charge is 0.299 e. The van der Waals surface area contributed by atoms with Gasteiger partial charge in [0.25, 0.3) is 0 Å². The molecule has 1 rings (SSSR count). The zero-order chi connectivity index (χ0) is 10.2. The van der Waals surface area contributed by atoms with Crippen LogP contribution in [0.4, 0.5) is 0 Å². The summed E-state index contributed by atoms with van der Waals surface area (Å²) in [6.45, 7) is 1.76. The predicted molar refractivity (Wildman–Crippen MR) is 52.5 cm³/mol. The topological polar surface area (TPSA) is 35.5 Å². The summed E-state index contributed by atoms with van der Waals surface area (Å²) in [6, 6.07) is 10.1. The third-order valence-corrected chi connectivity index (χ3v) is 1.71. The molecule has 14 heavy (non-hydrogen) atoms. The first-order chi connectivity index (χ1) is 6.79. The second-order valence-corrected chi connectivity index (χ2v) is 2.99. The van der Waals surface area contributed by atoms with Crippen molar-refractivity contribution in [3.63, 3.8) is 0 Å². The van der Waals surface area contributed by atoms with E-state index in [0.717, 1.165) is 12.8 Å². The van der Waals surface area contributed by atoms with Crippen LogP contribution in [-0.4, -0.2) is 12.6 Å². The van der Waals surface area contributed by atoms with Crippen LogP contribution in [0.25, 0.3) is 0 Å². The Morgan fingerprint density at radius 2 is 2.00 bits per heavy atom. The fraction of sp³-hybridized carbons (Fsp3) is 0.364. The van der Waals surface area contributed by atoms with Gasteiger partial charge < -0.3 is 0 Å². The lowest BCUT2D eigenvalue weighted by Gasteiger charge is -2.01. The van der Waals surface area contributed by atoms with Crippen molar-refractivity contribution >= 4 is 5.97 Å². The van der Waals surface area contributed by atoms with E-state index >= 15 is 0 Å². The van der Waals surface area contributed by atoms with Crippen LogP contribution in [0, 0.1) is 0 Å². The van der Waals surface area contributed by atoms with Gasteiger partial charge in [0.1, 0.15) is 0 Å². The van der Waals surface area contributed by atoms with Crippen LogP contribution in [0.3, 0.4) is 0 Å². The van der Waals surface area contributed by atoms with E-state index in [1.807, 2.05) is 18.2 Å². The Morgan fingerprint density at radius 1 is 1.29 bits per heavy atom. The van der Waals surface area contributed by atoms with Gasteiger partial charge in [0.05, 0.1) is 6.61 Å². The van der Waals surface area contributed by atoms with Crippen molar-refractivity contribution in [2.45, 2.75) is 19.8 Å². The fourth-order valence-electron chi connectivity index (χ4n) is 1.10. The molecule has 1 aromatic rings. The second-order valence-electron chi connectivity index (χ2n) is 2.99. The highest BCUT2D eigenvalue weighted by molar-refractivity contribution is 5.65. The van der Waals surface area contributed by atoms with Crippen LogP contribution >= 0.6 is 0 Å². The van der Waals surface area contributed by atoms with Crippen LogP contribution in [0.5, 0.6) is 0 Å². The minimum atomic E-state index is -0.412.